The zero-order valence-corrected chi connectivity index (χ0v) is 19.1. The van der Waals surface area contributed by atoms with Crippen LogP contribution in [0.4, 0.5) is 20.3 Å². The maximum atomic E-state index is 13.8. The number of nitrogens with one attached hydrogen (secondary N) is 2. The van der Waals surface area contributed by atoms with Crippen molar-refractivity contribution in [3.8, 4) is 0 Å². The number of benzene rings is 1. The van der Waals surface area contributed by atoms with Crippen molar-refractivity contribution in [2.24, 2.45) is 0 Å². The van der Waals surface area contributed by atoms with E-state index in [4.69, 9.17) is 4.78 Å². The maximum Gasteiger partial charge on any atom is 0.259 e. The molecule has 2 aromatic rings. The van der Waals surface area contributed by atoms with Gasteiger partial charge in [-0.1, -0.05) is 6.07 Å². The van der Waals surface area contributed by atoms with E-state index in [0.29, 0.717) is 45.0 Å². The lowest BCUT2D eigenvalue weighted by molar-refractivity contribution is -0.0102. The number of rotatable bonds is 4. The van der Waals surface area contributed by atoms with Gasteiger partial charge >= 0.3 is 0 Å². The Labute approximate surface area is 183 Å². The van der Waals surface area contributed by atoms with Crippen LogP contribution < -0.4 is 10.2 Å². The molecule has 1 aromatic carbocycles. The number of carbonyl (C=O) groups is 1. The van der Waals surface area contributed by atoms with Crippen molar-refractivity contribution in [1.29, 1.82) is 4.78 Å². The second-order valence-electron chi connectivity index (χ2n) is 7.45. The van der Waals surface area contributed by atoms with E-state index in [1.54, 1.807) is 36.2 Å². The Hall–Kier alpha value is -2.07. The van der Waals surface area contributed by atoms with Gasteiger partial charge in [0.2, 0.25) is 5.92 Å². The van der Waals surface area contributed by atoms with Crippen molar-refractivity contribution >= 4 is 43.1 Å². The molecular formula is C20H23BrF2N4O2S. The van der Waals surface area contributed by atoms with E-state index in [9.17, 15) is 17.8 Å². The van der Waals surface area contributed by atoms with Crippen LogP contribution >= 0.6 is 15.9 Å². The van der Waals surface area contributed by atoms with Gasteiger partial charge in [-0.2, -0.15) is 0 Å². The maximum absolute atomic E-state index is 13.8. The molecule has 1 amide bonds. The summed E-state index contributed by atoms with van der Waals surface area (Å²) in [4.78, 5) is 19.6. The number of hydrogen-bond donors (Lipinski definition) is 2. The minimum absolute atomic E-state index is 0.105. The third kappa shape index (κ3) is 5.15. The highest BCUT2D eigenvalue weighted by Crippen LogP contribution is 2.33. The van der Waals surface area contributed by atoms with Gasteiger partial charge in [0.25, 0.3) is 5.91 Å². The van der Waals surface area contributed by atoms with Crippen LogP contribution in [0, 0.1) is 11.7 Å². The van der Waals surface area contributed by atoms with Gasteiger partial charge in [-0.25, -0.2) is 22.8 Å². The predicted molar refractivity (Wildman–Crippen MR) is 117 cm³/mol. The minimum atomic E-state index is -2.93. The van der Waals surface area contributed by atoms with E-state index >= 15 is 0 Å². The average molecular weight is 501 g/mol. The van der Waals surface area contributed by atoms with Crippen molar-refractivity contribution in [1.82, 2.24) is 4.98 Å². The van der Waals surface area contributed by atoms with Gasteiger partial charge in [0.05, 0.1) is 15.3 Å². The molecule has 1 aliphatic heterocycles. The first-order valence-corrected chi connectivity index (χ1v) is 12.2. The second kappa shape index (κ2) is 8.58. The first kappa shape index (κ1) is 22.6. The molecule has 6 nitrogen and oxygen atoms in total. The first-order chi connectivity index (χ1) is 14.0. The van der Waals surface area contributed by atoms with Gasteiger partial charge in [0, 0.05) is 53.4 Å². The van der Waals surface area contributed by atoms with Gasteiger partial charge in [-0.3, -0.25) is 4.79 Å². The molecular weight excluding hydrogens is 478 g/mol. The van der Waals surface area contributed by atoms with E-state index in [1.165, 1.54) is 12.3 Å². The second-order valence-corrected chi connectivity index (χ2v) is 10.5. The molecule has 1 atom stereocenters. The molecule has 0 radical (unpaired) electrons. The lowest BCUT2D eigenvalue weighted by atomic mass is 10.1. The molecule has 1 aromatic heterocycles. The highest BCUT2D eigenvalue weighted by molar-refractivity contribution is 9.10. The summed E-state index contributed by atoms with van der Waals surface area (Å²) in [6.45, 7) is 2.25. The van der Waals surface area contributed by atoms with Gasteiger partial charge in [0.15, 0.2) is 0 Å². The molecule has 30 heavy (non-hydrogen) atoms. The van der Waals surface area contributed by atoms with Crippen molar-refractivity contribution < 1.29 is 17.8 Å². The molecule has 0 spiro atoms. The van der Waals surface area contributed by atoms with Crippen LogP contribution in [0.1, 0.15) is 35.2 Å². The summed E-state index contributed by atoms with van der Waals surface area (Å²) in [7, 11) is -2.93. The molecule has 162 valence electrons. The summed E-state index contributed by atoms with van der Waals surface area (Å²) in [6.07, 6.45) is 2.71. The summed E-state index contributed by atoms with van der Waals surface area (Å²) in [6, 6.07) is 6.33. The van der Waals surface area contributed by atoms with Crippen LogP contribution in [0.2, 0.25) is 0 Å². The van der Waals surface area contributed by atoms with Gasteiger partial charge in [-0.05, 0) is 53.0 Å². The summed E-state index contributed by atoms with van der Waals surface area (Å²) in [5, 5.41) is 2.77. The Morgan fingerprint density at radius 2 is 2.07 bits per heavy atom. The molecule has 2 heterocycles. The number of aromatic nitrogens is 1. The molecule has 2 N–H and O–H groups in total. The SMILES string of the molecule is Cc1c(Br)cnc(N2CCCC(F)(F)CC2)c1C(=O)Nc1cccc([S@@](C)(=N)=O)c1. The van der Waals surface area contributed by atoms with Crippen molar-refractivity contribution in [3.05, 3.63) is 46.1 Å². The van der Waals surface area contributed by atoms with E-state index in [0.717, 1.165) is 0 Å². The van der Waals surface area contributed by atoms with Crippen LogP contribution in [0.3, 0.4) is 0 Å². The van der Waals surface area contributed by atoms with Gasteiger partial charge < -0.3 is 10.2 Å². The zero-order chi connectivity index (χ0) is 22.1. The van der Waals surface area contributed by atoms with Crippen LogP contribution in [-0.4, -0.2) is 40.4 Å². The summed E-state index contributed by atoms with van der Waals surface area (Å²) in [5.41, 5.74) is 1.33. The number of amides is 1. The fourth-order valence-electron chi connectivity index (χ4n) is 3.36. The van der Waals surface area contributed by atoms with Crippen molar-refractivity contribution in [2.45, 2.75) is 37.0 Å². The lowest BCUT2D eigenvalue weighted by Crippen LogP contribution is -2.30. The standard InChI is InChI=1S/C20H23BrF2N4O2S/c1-13-16(21)12-25-18(27-9-4-7-20(22,23)8-10-27)17(13)19(28)26-14-5-3-6-15(11-14)30(2,24)29/h3,5-6,11-12,24H,4,7-10H2,1-2H3,(H,26,28)/t30-/m0/s1. The number of carbonyl (C=O) groups excluding carboxylic acids is 1. The van der Waals surface area contributed by atoms with Gasteiger partial charge in [0.1, 0.15) is 5.82 Å². The molecule has 10 heteroatoms. The molecule has 1 aliphatic rings. The number of hydrogen-bond acceptors (Lipinski definition) is 5. The smallest absolute Gasteiger partial charge is 0.259 e. The quantitative estimate of drug-likeness (QED) is 0.613. The lowest BCUT2D eigenvalue weighted by Gasteiger charge is -2.25. The van der Waals surface area contributed by atoms with E-state index < -0.39 is 21.6 Å². The molecule has 3 rings (SSSR count). The van der Waals surface area contributed by atoms with Crippen molar-refractivity contribution in [2.75, 3.05) is 29.6 Å². The fourth-order valence-corrected chi connectivity index (χ4v) is 4.35. The van der Waals surface area contributed by atoms with E-state index in [2.05, 4.69) is 26.2 Å². The normalized spacial score (nSPS) is 18.4. The predicted octanol–water partition coefficient (Wildman–Crippen LogP) is 5.07. The molecule has 0 unspecified atom stereocenters. The van der Waals surface area contributed by atoms with E-state index in [1.807, 2.05) is 0 Å². The fraction of sp³-hybridized carbons (Fsp3) is 0.400. The van der Waals surface area contributed by atoms with Crippen LogP contribution in [-0.2, 0) is 9.73 Å². The van der Waals surface area contributed by atoms with E-state index in [-0.39, 0.29) is 19.4 Å². The number of alkyl halides is 2. The molecule has 1 fully saturated rings. The number of nitrogens with zero attached hydrogens (tertiary/aromatic N) is 2. The zero-order valence-electron chi connectivity index (χ0n) is 16.7. The largest absolute Gasteiger partial charge is 0.356 e. The summed E-state index contributed by atoms with van der Waals surface area (Å²) in [5.74, 6) is -2.80. The minimum Gasteiger partial charge on any atom is -0.356 e. The van der Waals surface area contributed by atoms with Crippen molar-refractivity contribution in [3.63, 3.8) is 0 Å². The van der Waals surface area contributed by atoms with Crippen LogP contribution in [0.25, 0.3) is 0 Å². The Morgan fingerprint density at radius 1 is 1.33 bits per heavy atom. The number of anilines is 2. The Morgan fingerprint density at radius 3 is 2.77 bits per heavy atom. The topological polar surface area (TPSA) is 86.2 Å². The molecule has 1 saturated heterocycles. The van der Waals surface area contributed by atoms with Crippen LogP contribution in [0.5, 0.6) is 0 Å². The third-order valence-electron chi connectivity index (χ3n) is 5.04. The third-order valence-corrected chi connectivity index (χ3v) is 7.00. The van der Waals surface area contributed by atoms with Gasteiger partial charge in [-0.15, -0.1) is 0 Å². The molecule has 0 bridgehead atoms. The highest BCUT2D eigenvalue weighted by Gasteiger charge is 2.33. The first-order valence-electron chi connectivity index (χ1n) is 9.41. The molecule has 0 aliphatic carbocycles. The number of halogens is 3. The van der Waals surface area contributed by atoms with Crippen LogP contribution in [0.15, 0.2) is 39.8 Å². The Balaban J connectivity index is 1.95. The number of pyridine rings is 1. The Bertz CT molecular complexity index is 1080. The summed E-state index contributed by atoms with van der Waals surface area (Å²) < 4.78 is 48.0. The highest BCUT2D eigenvalue weighted by atomic mass is 79.9. The molecule has 0 saturated carbocycles. The Kier molecular flexibility index (Phi) is 6.47. The monoisotopic (exact) mass is 500 g/mol. The summed E-state index contributed by atoms with van der Waals surface area (Å²) >= 11 is 3.39. The average Bonchev–Trinajstić information content (AvgIpc) is 2.84.